The predicted octanol–water partition coefficient (Wildman–Crippen LogP) is 4.57. The van der Waals surface area contributed by atoms with E-state index in [-0.39, 0.29) is 16.8 Å². The minimum atomic E-state index is -3.81. The van der Waals surface area contributed by atoms with E-state index in [0.717, 1.165) is 10.6 Å². The molecule has 0 aliphatic carbocycles. The predicted molar refractivity (Wildman–Crippen MR) is 114 cm³/mol. The molecular weight excluding hydrogens is 423 g/mol. The van der Waals surface area contributed by atoms with Crippen LogP contribution in [0.4, 0.5) is 11.4 Å². The summed E-state index contributed by atoms with van der Waals surface area (Å²) in [7, 11) is -3.81. The van der Waals surface area contributed by atoms with Gasteiger partial charge in [0.15, 0.2) is 0 Å². The quantitative estimate of drug-likeness (QED) is 0.677. The lowest BCUT2D eigenvalue weighted by molar-refractivity contribution is -0.116. The molecule has 1 amide bonds. The Balaban J connectivity index is 2.31. The number of carbonyl (C=O) groups excluding carboxylic acids is 1. The summed E-state index contributed by atoms with van der Waals surface area (Å²) < 4.78 is 31.3. The molecule has 0 radical (unpaired) electrons. The second-order valence-corrected chi connectivity index (χ2v) is 9.22. The van der Waals surface area contributed by atoms with Gasteiger partial charge in [-0.25, -0.2) is 8.42 Å². The summed E-state index contributed by atoms with van der Waals surface area (Å²) in [6, 6.07) is 10.2. The largest absolute Gasteiger partial charge is 0.491 e. The number of carbonyl (C=O) groups is 1. The second kappa shape index (κ2) is 9.03. The highest BCUT2D eigenvalue weighted by Crippen LogP contribution is 2.32. The van der Waals surface area contributed by atoms with Crippen LogP contribution >= 0.6 is 23.2 Å². The van der Waals surface area contributed by atoms with Crippen LogP contribution < -0.4 is 14.4 Å². The lowest BCUT2D eigenvalue weighted by Crippen LogP contribution is -2.45. The summed E-state index contributed by atoms with van der Waals surface area (Å²) in [5.41, 5.74) is 0.622. The van der Waals surface area contributed by atoms with Gasteiger partial charge in [-0.2, -0.15) is 0 Å². The van der Waals surface area contributed by atoms with Crippen LogP contribution in [0.25, 0.3) is 0 Å². The van der Waals surface area contributed by atoms with Gasteiger partial charge < -0.3 is 10.1 Å². The monoisotopic (exact) mass is 444 g/mol. The van der Waals surface area contributed by atoms with E-state index < -0.39 is 22.0 Å². The topological polar surface area (TPSA) is 75.7 Å². The Kier molecular flexibility index (Phi) is 7.20. The SMILES string of the molecule is CC(C)Oc1cccc(NC(=O)C(C)N(c2cc(Cl)ccc2Cl)S(C)(=O)=O)c1. The number of ether oxygens (including phenoxy) is 1. The van der Waals surface area contributed by atoms with Crippen LogP contribution in [0.15, 0.2) is 42.5 Å². The summed E-state index contributed by atoms with van der Waals surface area (Å²) in [5, 5.41) is 3.18. The van der Waals surface area contributed by atoms with E-state index in [1.165, 1.54) is 19.1 Å². The van der Waals surface area contributed by atoms with Gasteiger partial charge in [0.05, 0.1) is 23.1 Å². The summed E-state index contributed by atoms with van der Waals surface area (Å²) >= 11 is 12.2. The van der Waals surface area contributed by atoms with E-state index in [9.17, 15) is 13.2 Å². The maximum atomic E-state index is 12.8. The Bertz CT molecular complexity index is 964. The van der Waals surface area contributed by atoms with Crippen molar-refractivity contribution in [2.45, 2.75) is 32.9 Å². The third-order valence-electron chi connectivity index (χ3n) is 3.71. The number of sulfonamides is 1. The molecule has 2 aromatic rings. The highest BCUT2D eigenvalue weighted by Gasteiger charge is 2.31. The van der Waals surface area contributed by atoms with Crippen LogP contribution in [0.3, 0.4) is 0 Å². The van der Waals surface area contributed by atoms with Crippen molar-refractivity contribution in [1.82, 2.24) is 0 Å². The summed E-state index contributed by atoms with van der Waals surface area (Å²) in [5.74, 6) is 0.0708. The van der Waals surface area contributed by atoms with Crippen molar-refractivity contribution >= 4 is 50.5 Å². The minimum absolute atomic E-state index is 0.0180. The first-order valence-corrected chi connectivity index (χ1v) is 11.1. The van der Waals surface area contributed by atoms with Crippen molar-refractivity contribution in [1.29, 1.82) is 0 Å². The Hall–Kier alpha value is -1.96. The molecule has 0 saturated carbocycles. The number of nitrogens with zero attached hydrogens (tertiary/aromatic N) is 1. The lowest BCUT2D eigenvalue weighted by atomic mass is 10.2. The van der Waals surface area contributed by atoms with Crippen molar-refractivity contribution in [2.75, 3.05) is 15.9 Å². The van der Waals surface area contributed by atoms with Crippen LogP contribution in [0.2, 0.25) is 10.0 Å². The molecule has 2 rings (SSSR count). The van der Waals surface area contributed by atoms with Gasteiger partial charge >= 0.3 is 0 Å². The van der Waals surface area contributed by atoms with Crippen molar-refractivity contribution in [3.63, 3.8) is 0 Å². The van der Waals surface area contributed by atoms with Gasteiger partial charge in [0.25, 0.3) is 0 Å². The zero-order valence-electron chi connectivity index (χ0n) is 15.9. The number of hydrogen-bond donors (Lipinski definition) is 1. The summed E-state index contributed by atoms with van der Waals surface area (Å²) in [4.78, 5) is 12.8. The lowest BCUT2D eigenvalue weighted by Gasteiger charge is -2.29. The van der Waals surface area contributed by atoms with E-state index in [4.69, 9.17) is 27.9 Å². The zero-order valence-corrected chi connectivity index (χ0v) is 18.3. The van der Waals surface area contributed by atoms with Gasteiger partial charge in [-0.3, -0.25) is 9.10 Å². The molecule has 0 fully saturated rings. The van der Waals surface area contributed by atoms with Gasteiger partial charge in [0, 0.05) is 16.8 Å². The molecule has 9 heteroatoms. The molecule has 0 bridgehead atoms. The second-order valence-electron chi connectivity index (χ2n) is 6.51. The van der Waals surface area contributed by atoms with E-state index in [2.05, 4.69) is 5.32 Å². The average molecular weight is 445 g/mol. The van der Waals surface area contributed by atoms with E-state index in [1.54, 1.807) is 30.3 Å². The first-order valence-electron chi connectivity index (χ1n) is 8.51. The fourth-order valence-electron chi connectivity index (χ4n) is 2.60. The maximum absolute atomic E-state index is 12.8. The molecule has 0 aromatic heterocycles. The molecular formula is C19H22Cl2N2O4S. The molecule has 28 heavy (non-hydrogen) atoms. The Morgan fingerprint density at radius 2 is 1.79 bits per heavy atom. The zero-order chi connectivity index (χ0) is 21.1. The molecule has 0 spiro atoms. The Morgan fingerprint density at radius 3 is 2.39 bits per heavy atom. The molecule has 1 atom stereocenters. The van der Waals surface area contributed by atoms with Gasteiger partial charge in [-0.15, -0.1) is 0 Å². The fourth-order valence-corrected chi connectivity index (χ4v) is 4.21. The normalized spacial score (nSPS) is 12.5. The van der Waals surface area contributed by atoms with Crippen molar-refractivity contribution in [3.05, 3.63) is 52.5 Å². The molecule has 0 saturated heterocycles. The smallest absolute Gasteiger partial charge is 0.247 e. The number of halogens is 2. The highest BCUT2D eigenvalue weighted by atomic mass is 35.5. The molecule has 2 aromatic carbocycles. The van der Waals surface area contributed by atoms with E-state index >= 15 is 0 Å². The molecule has 152 valence electrons. The standard InChI is InChI=1S/C19H22Cl2N2O4S/c1-12(2)27-16-7-5-6-15(11-16)22-19(24)13(3)23(28(4,25)26)18-10-14(20)8-9-17(18)21/h5-13H,1-4H3,(H,22,24). The van der Waals surface area contributed by atoms with Crippen LogP contribution in [-0.4, -0.2) is 32.7 Å². The van der Waals surface area contributed by atoms with Crippen LogP contribution in [0, 0.1) is 0 Å². The van der Waals surface area contributed by atoms with Gasteiger partial charge in [-0.1, -0.05) is 29.3 Å². The molecule has 0 aliphatic heterocycles. The minimum Gasteiger partial charge on any atom is -0.491 e. The summed E-state index contributed by atoms with van der Waals surface area (Å²) in [6.07, 6.45) is 0.987. The molecule has 1 N–H and O–H groups in total. The maximum Gasteiger partial charge on any atom is 0.247 e. The molecule has 0 heterocycles. The third kappa shape index (κ3) is 5.77. The number of rotatable bonds is 7. The van der Waals surface area contributed by atoms with E-state index in [0.29, 0.717) is 16.5 Å². The fraction of sp³-hybridized carbons (Fsp3) is 0.316. The average Bonchev–Trinajstić information content (AvgIpc) is 2.56. The van der Waals surface area contributed by atoms with Crippen molar-refractivity contribution in [3.8, 4) is 5.75 Å². The highest BCUT2D eigenvalue weighted by molar-refractivity contribution is 7.92. The number of benzene rings is 2. The number of hydrogen-bond acceptors (Lipinski definition) is 4. The summed E-state index contributed by atoms with van der Waals surface area (Å²) in [6.45, 7) is 5.26. The van der Waals surface area contributed by atoms with Crippen LogP contribution in [0.5, 0.6) is 5.75 Å². The molecule has 6 nitrogen and oxygen atoms in total. The van der Waals surface area contributed by atoms with E-state index in [1.807, 2.05) is 13.8 Å². The first-order chi connectivity index (χ1) is 13.0. The Labute approximate surface area is 175 Å². The number of nitrogens with one attached hydrogen (secondary N) is 1. The van der Waals surface area contributed by atoms with Crippen molar-refractivity contribution in [2.24, 2.45) is 0 Å². The Morgan fingerprint density at radius 1 is 1.11 bits per heavy atom. The molecule has 0 aliphatic rings. The first kappa shape index (κ1) is 22.3. The number of amides is 1. The van der Waals surface area contributed by atoms with Crippen LogP contribution in [0.1, 0.15) is 20.8 Å². The molecule has 1 unspecified atom stereocenters. The van der Waals surface area contributed by atoms with Gasteiger partial charge in [0.2, 0.25) is 15.9 Å². The number of anilines is 2. The van der Waals surface area contributed by atoms with Crippen molar-refractivity contribution < 1.29 is 17.9 Å². The third-order valence-corrected chi connectivity index (χ3v) is 5.49. The van der Waals surface area contributed by atoms with Crippen LogP contribution in [-0.2, 0) is 14.8 Å². The van der Waals surface area contributed by atoms with Gasteiger partial charge in [0.1, 0.15) is 11.8 Å². The van der Waals surface area contributed by atoms with Gasteiger partial charge in [-0.05, 0) is 51.1 Å².